The Kier molecular flexibility index (Phi) is 2.80. The van der Waals surface area contributed by atoms with Crippen molar-refractivity contribution in [2.24, 2.45) is 0 Å². The third kappa shape index (κ3) is 2.29. The maximum Gasteiger partial charge on any atom is 0.418 e. The lowest BCUT2D eigenvalue weighted by Gasteiger charge is -2.11. The monoisotopic (exact) mass is 285 g/mol. The molecule has 18 heavy (non-hydrogen) atoms. The molecular weight excluding hydrogens is 280 g/mol. The zero-order valence-electron chi connectivity index (χ0n) is 8.78. The van der Waals surface area contributed by atoms with E-state index in [0.717, 1.165) is 11.3 Å². The van der Waals surface area contributed by atoms with Crippen LogP contribution >= 0.6 is 11.3 Å². The topological polar surface area (TPSA) is 12.9 Å². The van der Waals surface area contributed by atoms with Crippen LogP contribution in [0.3, 0.4) is 0 Å². The van der Waals surface area contributed by atoms with Crippen molar-refractivity contribution in [1.82, 2.24) is 4.98 Å². The van der Waals surface area contributed by atoms with Gasteiger partial charge in [0.25, 0.3) is 0 Å². The van der Waals surface area contributed by atoms with E-state index in [1.54, 1.807) is 0 Å². The number of nitrogens with zero attached hydrogens (tertiary/aromatic N) is 1. The highest BCUT2D eigenvalue weighted by atomic mass is 32.1. The van der Waals surface area contributed by atoms with E-state index in [0.29, 0.717) is 6.07 Å². The first-order valence-electron chi connectivity index (χ1n) is 4.64. The highest BCUT2D eigenvalue weighted by molar-refractivity contribution is 7.18. The van der Waals surface area contributed by atoms with Crippen LogP contribution in [-0.2, 0) is 12.4 Å². The maximum atomic E-state index is 12.7. The lowest BCUT2D eigenvalue weighted by molar-refractivity contribution is -0.142. The predicted molar refractivity (Wildman–Crippen MR) is 54.4 cm³/mol. The molecule has 1 aromatic carbocycles. The first-order chi connectivity index (χ1) is 8.09. The third-order valence-electron chi connectivity index (χ3n) is 2.23. The number of halogens is 6. The number of aryl methyl sites for hydroxylation is 1. The van der Waals surface area contributed by atoms with Crippen molar-refractivity contribution in [3.05, 3.63) is 28.3 Å². The molecule has 0 aliphatic heterocycles. The van der Waals surface area contributed by atoms with E-state index in [2.05, 4.69) is 4.98 Å². The van der Waals surface area contributed by atoms with Crippen molar-refractivity contribution < 1.29 is 26.3 Å². The molecule has 8 heteroatoms. The predicted octanol–water partition coefficient (Wildman–Crippen LogP) is 4.64. The summed E-state index contributed by atoms with van der Waals surface area (Å²) < 4.78 is 75.5. The molecule has 98 valence electrons. The lowest BCUT2D eigenvalue weighted by Crippen LogP contribution is -2.11. The molecule has 1 nitrogen and oxygen atoms in total. The second kappa shape index (κ2) is 3.84. The van der Waals surface area contributed by atoms with Crippen LogP contribution in [0.5, 0.6) is 0 Å². The normalized spacial score (nSPS) is 13.3. The number of hydrogen-bond acceptors (Lipinski definition) is 2. The number of alkyl halides is 6. The number of fused-ring (bicyclic) bond motifs is 1. The van der Waals surface area contributed by atoms with E-state index >= 15 is 0 Å². The molecule has 0 atom stereocenters. The second-order valence-corrected chi connectivity index (χ2v) is 4.83. The molecular formula is C10H5F6NS. The first-order valence-corrected chi connectivity index (χ1v) is 5.46. The van der Waals surface area contributed by atoms with Gasteiger partial charge in [0.2, 0.25) is 0 Å². The SMILES string of the molecule is Cc1nc2c(C(F)(F)F)cc(C(F)(F)F)cc2s1. The van der Waals surface area contributed by atoms with Gasteiger partial charge in [0, 0.05) is 0 Å². The van der Waals surface area contributed by atoms with Gasteiger partial charge in [0.05, 0.1) is 26.4 Å². The molecule has 0 N–H and O–H groups in total. The average molecular weight is 285 g/mol. The van der Waals surface area contributed by atoms with E-state index in [4.69, 9.17) is 0 Å². The van der Waals surface area contributed by atoms with Crippen molar-refractivity contribution in [1.29, 1.82) is 0 Å². The van der Waals surface area contributed by atoms with Gasteiger partial charge < -0.3 is 0 Å². The lowest BCUT2D eigenvalue weighted by atomic mass is 10.1. The van der Waals surface area contributed by atoms with Crippen LogP contribution in [0.1, 0.15) is 16.1 Å². The minimum atomic E-state index is -4.86. The van der Waals surface area contributed by atoms with Crippen LogP contribution in [0.4, 0.5) is 26.3 Å². The fourth-order valence-electron chi connectivity index (χ4n) is 1.52. The van der Waals surface area contributed by atoms with E-state index in [1.165, 1.54) is 6.92 Å². The van der Waals surface area contributed by atoms with Crippen LogP contribution in [0, 0.1) is 6.92 Å². The molecule has 0 unspecified atom stereocenters. The average Bonchev–Trinajstić information content (AvgIpc) is 2.52. The molecule has 0 spiro atoms. The Labute approximate surface area is 101 Å². The fourth-order valence-corrected chi connectivity index (χ4v) is 2.41. The minimum absolute atomic E-state index is 0.0987. The van der Waals surface area contributed by atoms with Gasteiger partial charge in [-0.2, -0.15) is 26.3 Å². The Morgan fingerprint density at radius 2 is 1.61 bits per heavy atom. The summed E-state index contributed by atoms with van der Waals surface area (Å²) in [6.07, 6.45) is -9.67. The summed E-state index contributed by atoms with van der Waals surface area (Å²) in [5, 5.41) is 0.287. The van der Waals surface area contributed by atoms with Crippen LogP contribution in [-0.4, -0.2) is 4.98 Å². The molecule has 2 aromatic rings. The number of thiazole rings is 1. The summed E-state index contributed by atoms with van der Waals surface area (Å²) in [6, 6.07) is 0.788. The highest BCUT2D eigenvalue weighted by Crippen LogP contribution is 2.41. The van der Waals surface area contributed by atoms with Gasteiger partial charge in [0.1, 0.15) is 0 Å². The molecule has 0 radical (unpaired) electrons. The number of rotatable bonds is 0. The fraction of sp³-hybridized carbons (Fsp3) is 0.300. The number of hydrogen-bond donors (Lipinski definition) is 0. The summed E-state index contributed by atoms with van der Waals surface area (Å²) >= 11 is 0.802. The van der Waals surface area contributed by atoms with Crippen molar-refractivity contribution in [3.8, 4) is 0 Å². The molecule has 0 aliphatic rings. The zero-order chi connectivity index (χ0) is 13.7. The first kappa shape index (κ1) is 13.1. The van der Waals surface area contributed by atoms with E-state index in [1.807, 2.05) is 0 Å². The highest BCUT2D eigenvalue weighted by Gasteiger charge is 2.38. The number of aromatic nitrogens is 1. The standard InChI is InChI=1S/C10H5F6NS/c1-4-17-8-6(10(14,15)16)2-5(9(11,12)13)3-7(8)18-4/h2-3H,1H3. The summed E-state index contributed by atoms with van der Waals surface area (Å²) in [6.45, 7) is 1.44. The van der Waals surface area contributed by atoms with Crippen molar-refractivity contribution in [3.63, 3.8) is 0 Å². The van der Waals surface area contributed by atoms with Crippen molar-refractivity contribution in [2.45, 2.75) is 19.3 Å². The van der Waals surface area contributed by atoms with Gasteiger partial charge in [-0.15, -0.1) is 11.3 Å². The molecule has 0 aliphatic carbocycles. The van der Waals surface area contributed by atoms with Crippen molar-refractivity contribution >= 4 is 21.6 Å². The van der Waals surface area contributed by atoms with Gasteiger partial charge >= 0.3 is 12.4 Å². The second-order valence-electron chi connectivity index (χ2n) is 3.60. The summed E-state index contributed by atoms with van der Waals surface area (Å²) in [4.78, 5) is 3.63. The van der Waals surface area contributed by atoms with Crippen LogP contribution in [0.2, 0.25) is 0 Å². The summed E-state index contributed by atoms with van der Waals surface area (Å²) in [5.74, 6) is 0. The maximum absolute atomic E-state index is 12.7. The Bertz CT molecular complexity index is 595. The molecule has 1 heterocycles. The van der Waals surface area contributed by atoms with Gasteiger partial charge in [-0.25, -0.2) is 4.98 Å². The number of benzene rings is 1. The van der Waals surface area contributed by atoms with E-state index in [-0.39, 0.29) is 15.8 Å². The molecule has 0 amide bonds. The quantitative estimate of drug-likeness (QED) is 0.642. The molecule has 2 rings (SSSR count). The van der Waals surface area contributed by atoms with Crippen LogP contribution in [0.25, 0.3) is 10.2 Å². The van der Waals surface area contributed by atoms with Gasteiger partial charge in [-0.1, -0.05) is 0 Å². The molecule has 1 aromatic heterocycles. The van der Waals surface area contributed by atoms with Crippen LogP contribution in [0.15, 0.2) is 12.1 Å². The van der Waals surface area contributed by atoms with Gasteiger partial charge in [-0.3, -0.25) is 0 Å². The van der Waals surface area contributed by atoms with E-state index < -0.39 is 29.0 Å². The Morgan fingerprint density at radius 1 is 1.00 bits per heavy atom. The largest absolute Gasteiger partial charge is 0.418 e. The smallest absolute Gasteiger partial charge is 0.241 e. The van der Waals surface area contributed by atoms with Gasteiger partial charge in [-0.05, 0) is 19.1 Å². The third-order valence-corrected chi connectivity index (χ3v) is 3.15. The Hall–Kier alpha value is -1.31. The van der Waals surface area contributed by atoms with Gasteiger partial charge in [0.15, 0.2) is 0 Å². The zero-order valence-corrected chi connectivity index (χ0v) is 9.59. The van der Waals surface area contributed by atoms with Crippen LogP contribution < -0.4 is 0 Å². The minimum Gasteiger partial charge on any atom is -0.241 e. The summed E-state index contributed by atoms with van der Waals surface area (Å²) in [7, 11) is 0. The van der Waals surface area contributed by atoms with E-state index in [9.17, 15) is 26.3 Å². The Morgan fingerprint density at radius 3 is 2.11 bits per heavy atom. The van der Waals surface area contributed by atoms with Crippen molar-refractivity contribution in [2.75, 3.05) is 0 Å². The summed E-state index contributed by atoms with van der Waals surface area (Å²) in [5.41, 5.74) is -3.10. The Balaban J connectivity index is 2.81. The molecule has 0 saturated heterocycles. The molecule has 0 saturated carbocycles. The molecule has 0 fully saturated rings. The molecule has 0 bridgehead atoms.